The summed E-state index contributed by atoms with van der Waals surface area (Å²) in [4.78, 5) is 59.3. The number of hydrogen-bond donors (Lipinski definition) is 3. The molecule has 13 heteroatoms. The molecule has 0 bridgehead atoms. The van der Waals surface area contributed by atoms with Gasteiger partial charge in [-0.2, -0.15) is 0 Å². The van der Waals surface area contributed by atoms with Gasteiger partial charge in [-0.25, -0.2) is 14.8 Å². The zero-order chi connectivity index (χ0) is 41.0. The van der Waals surface area contributed by atoms with Gasteiger partial charge in [0.25, 0.3) is 0 Å². The Morgan fingerprint density at radius 3 is 2.15 bits per heavy atom. The molecule has 1 aliphatic carbocycles. The molecule has 3 fully saturated rings. The van der Waals surface area contributed by atoms with Crippen molar-refractivity contribution in [3.05, 3.63) is 72.9 Å². The molecule has 309 valence electrons. The minimum Gasteiger partial charge on any atom is -0.467 e. The van der Waals surface area contributed by atoms with Crippen LogP contribution in [-0.2, 0) is 20.1 Å². The summed E-state index contributed by atoms with van der Waals surface area (Å²) in [5.74, 6) is 2.48. The van der Waals surface area contributed by atoms with Crippen LogP contribution in [0.1, 0.15) is 109 Å². The first-order valence-electron chi connectivity index (χ1n) is 21.4. The number of amides is 3. The lowest BCUT2D eigenvalue weighted by Crippen LogP contribution is -2.51. The summed E-state index contributed by atoms with van der Waals surface area (Å²) in [6, 6.07) is 14.3. The predicted octanol–water partition coefficient (Wildman–Crippen LogP) is 8.67. The Kier molecular flexibility index (Phi) is 10.2. The normalized spacial score (nSPS) is 20.3. The number of carbonyl (C=O) groups excluding carboxylic acids is 3. The molecule has 9 rings (SSSR count). The number of H-pyrrole nitrogens is 2. The number of hydrogen-bond acceptors (Lipinski definition) is 7. The number of benzene rings is 2. The summed E-state index contributed by atoms with van der Waals surface area (Å²) in [5.41, 5.74) is 6.64. The van der Waals surface area contributed by atoms with Crippen molar-refractivity contribution in [2.75, 3.05) is 20.2 Å². The predicted molar refractivity (Wildman–Crippen MR) is 225 cm³/mol. The van der Waals surface area contributed by atoms with Crippen LogP contribution in [-0.4, -0.2) is 78.5 Å². The summed E-state index contributed by atoms with van der Waals surface area (Å²) in [7, 11) is 1.30. The first-order chi connectivity index (χ1) is 28.5. The number of carbonyl (C=O) groups is 3. The number of methoxy groups -OCH3 is 1. The molecular weight excluding hydrogens is 745 g/mol. The van der Waals surface area contributed by atoms with Crippen molar-refractivity contribution in [2.45, 2.75) is 109 Å². The average molecular weight is 800 g/mol. The first kappa shape index (κ1) is 38.9. The summed E-state index contributed by atoms with van der Waals surface area (Å²) in [6.45, 7) is 9.25. The second-order valence-electron chi connectivity index (χ2n) is 17.5. The highest BCUT2D eigenvalue weighted by molar-refractivity contribution is 5.93. The summed E-state index contributed by atoms with van der Waals surface area (Å²) >= 11 is 0. The van der Waals surface area contributed by atoms with E-state index in [-0.39, 0.29) is 35.7 Å². The Hall–Kier alpha value is -5.59. The molecular formula is C46H55N8O5. The lowest BCUT2D eigenvalue weighted by Gasteiger charge is -2.44. The molecule has 1 radical (unpaired) electrons. The van der Waals surface area contributed by atoms with Gasteiger partial charge in [0, 0.05) is 48.0 Å². The van der Waals surface area contributed by atoms with Crippen molar-refractivity contribution in [3.63, 3.8) is 0 Å². The van der Waals surface area contributed by atoms with E-state index in [1.807, 2.05) is 49.9 Å². The third kappa shape index (κ3) is 7.05. The Balaban J connectivity index is 1.01. The van der Waals surface area contributed by atoms with Crippen molar-refractivity contribution in [3.8, 4) is 39.5 Å². The monoisotopic (exact) mass is 799 g/mol. The molecule has 2 saturated heterocycles. The maximum atomic E-state index is 13.7. The van der Waals surface area contributed by atoms with Crippen LogP contribution in [0.4, 0.5) is 4.79 Å². The van der Waals surface area contributed by atoms with Crippen LogP contribution in [0.3, 0.4) is 0 Å². The average Bonchev–Trinajstić information content (AvgIpc) is 4.08. The quantitative estimate of drug-likeness (QED) is 0.135. The zero-order valence-corrected chi connectivity index (χ0v) is 34.7. The van der Waals surface area contributed by atoms with E-state index in [2.05, 4.69) is 62.3 Å². The molecule has 1 spiro atoms. The van der Waals surface area contributed by atoms with Crippen molar-refractivity contribution >= 4 is 28.8 Å². The van der Waals surface area contributed by atoms with Crippen molar-refractivity contribution in [1.29, 1.82) is 0 Å². The second kappa shape index (κ2) is 15.5. The van der Waals surface area contributed by atoms with E-state index in [4.69, 9.17) is 19.4 Å². The van der Waals surface area contributed by atoms with E-state index in [0.29, 0.717) is 6.54 Å². The fourth-order valence-corrected chi connectivity index (χ4v) is 9.88. The highest BCUT2D eigenvalue weighted by Crippen LogP contribution is 2.51. The van der Waals surface area contributed by atoms with Gasteiger partial charge < -0.3 is 39.1 Å². The minimum absolute atomic E-state index is 0.0551. The Labute approximate surface area is 345 Å². The summed E-state index contributed by atoms with van der Waals surface area (Å²) in [5, 5.41) is 3.85. The van der Waals surface area contributed by atoms with E-state index in [0.717, 1.165) is 120 Å². The molecule has 3 amide bonds. The number of likely N-dealkylation sites (tertiary alicyclic amines) is 2. The first-order valence-corrected chi connectivity index (χ1v) is 21.4. The Bertz CT molecular complexity index is 2380. The molecule has 0 unspecified atom stereocenters. The maximum absolute atomic E-state index is 13.7. The zero-order valence-electron chi connectivity index (χ0n) is 34.7. The highest BCUT2D eigenvalue weighted by atomic mass is 16.5. The molecule has 4 aliphatic rings. The SMILES string of the molecule is COC(=O)N[C@H](C(=O)N1CCC[C@H]1c1ncc(-c2ccc3c(c2)cc2n3C3(CCCCC3)Oc3cc(-c4cnc([C@@H]5CCCN5C(=O)[CH]C(C)C)[nH]4)ccc3-2)[nH]1)C(C)C. The summed E-state index contributed by atoms with van der Waals surface area (Å²) < 4.78 is 14.4. The molecule has 3 N–H and O–H groups in total. The highest BCUT2D eigenvalue weighted by Gasteiger charge is 2.43. The Morgan fingerprint density at radius 1 is 0.847 bits per heavy atom. The number of ether oxygens (including phenoxy) is 2. The van der Waals surface area contributed by atoms with Gasteiger partial charge in [0.2, 0.25) is 11.8 Å². The van der Waals surface area contributed by atoms with E-state index in [1.165, 1.54) is 13.5 Å². The summed E-state index contributed by atoms with van der Waals surface area (Å²) in [6.07, 6.45) is 13.6. The van der Waals surface area contributed by atoms with Gasteiger partial charge in [0.15, 0.2) is 5.72 Å². The fraction of sp³-hybridized carbons (Fsp3) is 0.478. The number of nitrogens with one attached hydrogen (secondary N) is 3. The van der Waals surface area contributed by atoms with Crippen LogP contribution in [0.15, 0.2) is 54.9 Å². The number of fused-ring (bicyclic) bond motifs is 6. The third-order valence-electron chi connectivity index (χ3n) is 12.8. The van der Waals surface area contributed by atoms with E-state index in [9.17, 15) is 14.4 Å². The van der Waals surface area contributed by atoms with Gasteiger partial charge in [-0.3, -0.25) is 9.59 Å². The van der Waals surface area contributed by atoms with Crippen LogP contribution in [0.5, 0.6) is 5.75 Å². The molecule has 3 aliphatic heterocycles. The third-order valence-corrected chi connectivity index (χ3v) is 12.8. The fourth-order valence-electron chi connectivity index (χ4n) is 9.88. The number of alkyl carbamates (subject to hydrolysis) is 1. The van der Waals surface area contributed by atoms with E-state index < -0.39 is 17.9 Å². The van der Waals surface area contributed by atoms with E-state index >= 15 is 0 Å². The number of aromatic nitrogens is 5. The van der Waals surface area contributed by atoms with Crippen molar-refractivity contribution in [2.24, 2.45) is 11.8 Å². The lowest BCUT2D eigenvalue weighted by atomic mass is 9.89. The number of aromatic amines is 2. The standard InChI is InChI=1S/C46H55N8O5/c1-27(2)21-40(55)52-19-9-11-36(52)42-47-26-34(50-42)30-13-15-32-38-23-31-22-29(14-16-35(31)54(38)46(59-39(32)24-30)17-7-6-8-18-46)33-25-48-43(49-33)37-12-10-20-53(37)44(56)41(28(3)4)51-45(57)58-5/h13-16,21-28,36-37,41H,6-12,17-20H2,1-5H3,(H,47,50)(H,48,49)(H,51,57)/t36-,37-,41-/m0/s1. The molecule has 6 heterocycles. The number of imidazole rings is 2. The van der Waals surface area contributed by atoms with Crippen molar-refractivity contribution < 1.29 is 23.9 Å². The Morgan fingerprint density at radius 2 is 1.49 bits per heavy atom. The van der Waals surface area contributed by atoms with Gasteiger partial charge >= 0.3 is 6.09 Å². The van der Waals surface area contributed by atoms with Gasteiger partial charge in [-0.1, -0.05) is 46.2 Å². The van der Waals surface area contributed by atoms with E-state index in [1.54, 1.807) is 6.42 Å². The largest absolute Gasteiger partial charge is 0.467 e. The van der Waals surface area contributed by atoms with Crippen molar-refractivity contribution in [1.82, 2.24) is 39.6 Å². The number of nitrogens with zero attached hydrogens (tertiary/aromatic N) is 5. The van der Waals surface area contributed by atoms with Crippen LogP contribution in [0, 0.1) is 18.3 Å². The number of rotatable bonds is 9. The second-order valence-corrected chi connectivity index (χ2v) is 17.5. The molecule has 1 saturated carbocycles. The maximum Gasteiger partial charge on any atom is 0.407 e. The molecule has 59 heavy (non-hydrogen) atoms. The molecule has 2 aromatic carbocycles. The van der Waals surface area contributed by atoms with Crippen LogP contribution >= 0.6 is 0 Å². The van der Waals surface area contributed by atoms with Crippen LogP contribution in [0.25, 0.3) is 44.7 Å². The molecule has 13 nitrogen and oxygen atoms in total. The minimum atomic E-state index is -0.688. The lowest BCUT2D eigenvalue weighted by molar-refractivity contribution is -0.135. The van der Waals surface area contributed by atoms with Crippen LogP contribution in [0.2, 0.25) is 0 Å². The molecule has 3 aromatic heterocycles. The topological polar surface area (TPSA) is 150 Å². The van der Waals surface area contributed by atoms with Gasteiger partial charge in [-0.05, 0) is 80.7 Å². The smallest absolute Gasteiger partial charge is 0.407 e. The molecule has 3 atom stereocenters. The van der Waals surface area contributed by atoms with Gasteiger partial charge in [-0.15, -0.1) is 0 Å². The van der Waals surface area contributed by atoms with Gasteiger partial charge in [0.1, 0.15) is 23.4 Å². The van der Waals surface area contributed by atoms with Gasteiger partial charge in [0.05, 0.1) is 60.6 Å². The molecule has 5 aromatic rings. The van der Waals surface area contributed by atoms with Crippen LogP contribution < -0.4 is 10.1 Å².